The number of hydrogen-bond acceptors (Lipinski definition) is 6. The second kappa shape index (κ2) is 15.2. The summed E-state index contributed by atoms with van der Waals surface area (Å²) in [6, 6.07) is 25.8. The van der Waals surface area contributed by atoms with E-state index in [1.807, 2.05) is 78.9 Å². The second-order valence-electron chi connectivity index (χ2n) is 11.6. The summed E-state index contributed by atoms with van der Waals surface area (Å²) in [6.45, 7) is 6.43. The minimum Gasteiger partial charge on any atom is -0.486 e. The molecule has 0 bridgehead atoms. The zero-order chi connectivity index (χ0) is 34.8. The molecule has 0 unspecified atom stereocenters. The standard InChI is InChI=1S/C38H30Br2Cl2N2O4S/c1-4-47-37(46)32-33(24-8-6-5-7-9-24)43-38-44(34(32)25-12-10-23(11-13-25)21(2)3)36(45)31(49-38)18-22-16-28(39)35(29(40)17-22)48-20-26-14-15-27(41)19-30(26)42/h5-19,21,34H,4,20H2,1-3H3/b31-18-/t34-/m0/s1. The van der Waals surface area contributed by atoms with Crippen molar-refractivity contribution in [3.63, 3.8) is 0 Å². The minimum atomic E-state index is -0.747. The number of carbonyl (C=O) groups excluding carboxylic acids is 1. The van der Waals surface area contributed by atoms with E-state index in [1.54, 1.807) is 23.6 Å². The van der Waals surface area contributed by atoms with Crippen LogP contribution in [0.1, 0.15) is 60.5 Å². The lowest BCUT2D eigenvalue weighted by molar-refractivity contribution is -0.138. The van der Waals surface area contributed by atoms with Gasteiger partial charge in [-0.2, -0.15) is 0 Å². The van der Waals surface area contributed by atoms with Crippen LogP contribution < -0.4 is 19.6 Å². The van der Waals surface area contributed by atoms with Gasteiger partial charge in [-0.05, 0) is 91.7 Å². The predicted octanol–water partition coefficient (Wildman–Crippen LogP) is 9.47. The highest BCUT2D eigenvalue weighted by atomic mass is 79.9. The van der Waals surface area contributed by atoms with Crippen LogP contribution in [0.4, 0.5) is 0 Å². The van der Waals surface area contributed by atoms with Crippen molar-refractivity contribution in [2.75, 3.05) is 6.61 Å². The lowest BCUT2D eigenvalue weighted by Crippen LogP contribution is -2.40. The van der Waals surface area contributed by atoms with E-state index in [0.717, 1.165) is 27.8 Å². The first-order valence-electron chi connectivity index (χ1n) is 15.5. The summed E-state index contributed by atoms with van der Waals surface area (Å²) < 4.78 is 15.1. The minimum absolute atomic E-state index is 0.185. The first kappa shape index (κ1) is 35.4. The van der Waals surface area contributed by atoms with Crippen LogP contribution in [0.5, 0.6) is 5.75 Å². The molecule has 6 rings (SSSR count). The highest BCUT2D eigenvalue weighted by molar-refractivity contribution is 9.11. The van der Waals surface area contributed by atoms with Gasteiger partial charge in [-0.1, -0.05) is 109 Å². The quantitative estimate of drug-likeness (QED) is 0.139. The molecule has 1 aromatic heterocycles. The van der Waals surface area contributed by atoms with Gasteiger partial charge in [-0.25, -0.2) is 9.79 Å². The predicted molar refractivity (Wildman–Crippen MR) is 204 cm³/mol. The molecule has 1 atom stereocenters. The third kappa shape index (κ3) is 7.51. The van der Waals surface area contributed by atoms with Crippen LogP contribution in [0.2, 0.25) is 10.0 Å². The van der Waals surface area contributed by atoms with Crippen LogP contribution in [0.3, 0.4) is 0 Å². The fourth-order valence-electron chi connectivity index (χ4n) is 5.56. The maximum atomic E-state index is 14.3. The summed E-state index contributed by atoms with van der Waals surface area (Å²) in [4.78, 5) is 33.5. The zero-order valence-corrected chi connectivity index (χ0v) is 32.2. The van der Waals surface area contributed by atoms with E-state index < -0.39 is 12.0 Å². The number of ether oxygens (including phenoxy) is 2. The molecule has 0 spiro atoms. The Bertz CT molecular complexity index is 2240. The Hall–Kier alpha value is -3.47. The Morgan fingerprint density at radius 3 is 2.33 bits per heavy atom. The Morgan fingerprint density at radius 2 is 1.69 bits per heavy atom. The van der Waals surface area contributed by atoms with Crippen molar-refractivity contribution in [3.8, 4) is 5.75 Å². The van der Waals surface area contributed by atoms with Gasteiger partial charge in [0.05, 0.1) is 37.4 Å². The summed E-state index contributed by atoms with van der Waals surface area (Å²) in [5.41, 5.74) is 4.79. The van der Waals surface area contributed by atoms with Crippen molar-refractivity contribution < 1.29 is 14.3 Å². The molecule has 1 aliphatic heterocycles. The molecule has 0 N–H and O–H groups in total. The molecule has 0 fully saturated rings. The summed E-state index contributed by atoms with van der Waals surface area (Å²) in [5, 5.41) is 1.07. The number of halogens is 4. The number of thiazole rings is 1. The molecular formula is C38H30Br2Cl2N2O4S. The normalized spacial score (nSPS) is 14.5. The first-order chi connectivity index (χ1) is 23.5. The summed E-state index contributed by atoms with van der Waals surface area (Å²) in [5.74, 6) is 0.392. The molecule has 0 amide bonds. The molecule has 2 heterocycles. The first-order valence-corrected chi connectivity index (χ1v) is 18.7. The SMILES string of the molecule is CCOC(=O)C1=C(c2ccccc2)N=c2s/c(=C\c3cc(Br)c(OCc4ccc(Cl)cc4Cl)c(Br)c3)c(=O)n2[C@H]1c1ccc(C(C)C)cc1. The van der Waals surface area contributed by atoms with Crippen LogP contribution in [0.15, 0.2) is 109 Å². The van der Waals surface area contributed by atoms with Gasteiger partial charge in [-0.15, -0.1) is 0 Å². The fraction of sp³-hybridized carbons (Fsp3) is 0.184. The molecule has 4 aromatic carbocycles. The lowest BCUT2D eigenvalue weighted by Gasteiger charge is -2.26. The number of hydrogen-bond donors (Lipinski definition) is 0. The van der Waals surface area contributed by atoms with Gasteiger partial charge in [0.15, 0.2) is 4.80 Å². The Kier molecular flexibility index (Phi) is 11.0. The molecule has 0 saturated heterocycles. The van der Waals surface area contributed by atoms with Crippen LogP contribution in [0.25, 0.3) is 11.8 Å². The van der Waals surface area contributed by atoms with E-state index in [1.165, 1.54) is 11.3 Å². The van der Waals surface area contributed by atoms with E-state index in [-0.39, 0.29) is 18.8 Å². The Morgan fingerprint density at radius 1 is 1.00 bits per heavy atom. The molecule has 5 aromatic rings. The van der Waals surface area contributed by atoms with E-state index in [2.05, 4.69) is 45.7 Å². The maximum absolute atomic E-state index is 14.3. The zero-order valence-electron chi connectivity index (χ0n) is 26.7. The van der Waals surface area contributed by atoms with Gasteiger partial charge in [0.25, 0.3) is 5.56 Å². The van der Waals surface area contributed by atoms with Crippen molar-refractivity contribution in [2.24, 2.45) is 4.99 Å². The molecule has 11 heteroatoms. The lowest BCUT2D eigenvalue weighted by atomic mass is 9.91. The molecular weight excluding hydrogens is 811 g/mol. The van der Waals surface area contributed by atoms with Crippen LogP contribution in [-0.2, 0) is 16.1 Å². The number of esters is 1. The average Bonchev–Trinajstić information content (AvgIpc) is 3.38. The number of fused-ring (bicyclic) bond motifs is 1. The van der Waals surface area contributed by atoms with Crippen molar-refractivity contribution in [3.05, 3.63) is 157 Å². The maximum Gasteiger partial charge on any atom is 0.338 e. The van der Waals surface area contributed by atoms with E-state index in [0.29, 0.717) is 51.3 Å². The number of benzene rings is 4. The summed E-state index contributed by atoms with van der Waals surface area (Å²) in [6.07, 6.45) is 1.81. The summed E-state index contributed by atoms with van der Waals surface area (Å²) >= 11 is 20.9. The van der Waals surface area contributed by atoms with Gasteiger partial charge in [0.2, 0.25) is 0 Å². The smallest absolute Gasteiger partial charge is 0.338 e. The molecule has 0 saturated carbocycles. The number of carbonyl (C=O) groups is 1. The third-order valence-electron chi connectivity index (χ3n) is 8.00. The van der Waals surface area contributed by atoms with Crippen LogP contribution >= 0.6 is 66.4 Å². The molecule has 49 heavy (non-hydrogen) atoms. The van der Waals surface area contributed by atoms with Crippen LogP contribution in [0, 0.1) is 0 Å². The highest BCUT2D eigenvalue weighted by Gasteiger charge is 2.35. The van der Waals surface area contributed by atoms with E-state index >= 15 is 0 Å². The van der Waals surface area contributed by atoms with Crippen molar-refractivity contribution >= 4 is 84.1 Å². The monoisotopic (exact) mass is 838 g/mol. The fourth-order valence-corrected chi connectivity index (χ4v) is 8.47. The second-order valence-corrected chi connectivity index (χ2v) is 15.2. The largest absolute Gasteiger partial charge is 0.486 e. The summed E-state index contributed by atoms with van der Waals surface area (Å²) in [7, 11) is 0. The number of rotatable bonds is 9. The molecule has 0 aliphatic carbocycles. The van der Waals surface area contributed by atoms with Crippen LogP contribution in [-0.4, -0.2) is 17.1 Å². The van der Waals surface area contributed by atoms with E-state index in [4.69, 9.17) is 37.7 Å². The topological polar surface area (TPSA) is 69.9 Å². The van der Waals surface area contributed by atoms with Gasteiger partial charge >= 0.3 is 5.97 Å². The van der Waals surface area contributed by atoms with Crippen molar-refractivity contribution in [2.45, 2.75) is 39.3 Å². The van der Waals surface area contributed by atoms with Gasteiger partial charge < -0.3 is 9.47 Å². The van der Waals surface area contributed by atoms with Crippen molar-refractivity contribution in [1.82, 2.24) is 4.57 Å². The highest BCUT2D eigenvalue weighted by Crippen LogP contribution is 2.37. The average molecular weight is 841 g/mol. The third-order valence-corrected chi connectivity index (χ3v) is 10.7. The van der Waals surface area contributed by atoms with E-state index in [9.17, 15) is 9.59 Å². The van der Waals surface area contributed by atoms with Crippen molar-refractivity contribution in [1.29, 1.82) is 0 Å². The number of nitrogens with zero attached hydrogens (tertiary/aromatic N) is 2. The Balaban J connectivity index is 1.47. The number of aromatic nitrogens is 1. The molecule has 1 aliphatic rings. The van der Waals surface area contributed by atoms with Gasteiger partial charge in [-0.3, -0.25) is 9.36 Å². The molecule has 6 nitrogen and oxygen atoms in total. The van der Waals surface area contributed by atoms with Gasteiger partial charge in [0.1, 0.15) is 12.4 Å². The Labute approximate surface area is 314 Å². The molecule has 0 radical (unpaired) electrons. The van der Waals surface area contributed by atoms with Gasteiger partial charge in [0, 0.05) is 21.2 Å². The molecule has 250 valence electrons.